The zero-order valence-corrected chi connectivity index (χ0v) is 47.2. The van der Waals surface area contributed by atoms with Crippen LogP contribution in [0.1, 0.15) is 284 Å². The van der Waals surface area contributed by atoms with E-state index in [9.17, 15) is 14.4 Å². The highest BCUT2D eigenvalue weighted by atomic mass is 16.6. The van der Waals surface area contributed by atoms with Gasteiger partial charge in [0.25, 0.3) is 0 Å². The van der Waals surface area contributed by atoms with E-state index in [4.69, 9.17) is 14.2 Å². The molecule has 0 heterocycles. The molecule has 0 radical (unpaired) electrons. The molecule has 0 N–H and O–H groups in total. The minimum Gasteiger partial charge on any atom is -0.462 e. The van der Waals surface area contributed by atoms with Crippen molar-refractivity contribution in [1.82, 2.24) is 0 Å². The number of hydrogen-bond donors (Lipinski definition) is 0. The van der Waals surface area contributed by atoms with Gasteiger partial charge in [0.2, 0.25) is 0 Å². The molecule has 0 spiro atoms. The molecule has 0 aliphatic rings. The van der Waals surface area contributed by atoms with Crippen molar-refractivity contribution in [3.8, 4) is 0 Å². The van der Waals surface area contributed by atoms with E-state index in [0.717, 1.165) is 135 Å². The molecule has 0 saturated heterocycles. The van der Waals surface area contributed by atoms with E-state index < -0.39 is 6.10 Å². The van der Waals surface area contributed by atoms with Crippen LogP contribution >= 0.6 is 0 Å². The van der Waals surface area contributed by atoms with Gasteiger partial charge in [0.1, 0.15) is 13.2 Å². The normalized spacial score (nSPS) is 12.8. The van der Waals surface area contributed by atoms with E-state index in [1.807, 2.05) is 0 Å². The second kappa shape index (κ2) is 59.9. The highest BCUT2D eigenvalue weighted by Crippen LogP contribution is 2.16. The Kier molecular flexibility index (Phi) is 56.8. The number of esters is 3. The maximum Gasteiger partial charge on any atom is 0.306 e. The van der Waals surface area contributed by atoms with E-state index >= 15 is 0 Å². The van der Waals surface area contributed by atoms with Crippen LogP contribution in [0, 0.1) is 0 Å². The van der Waals surface area contributed by atoms with Crippen LogP contribution in [-0.4, -0.2) is 37.2 Å². The summed E-state index contributed by atoms with van der Waals surface area (Å²) >= 11 is 0. The third kappa shape index (κ3) is 57.2. The van der Waals surface area contributed by atoms with Crippen LogP contribution in [0.5, 0.6) is 0 Å². The molecule has 0 amide bonds. The Morgan fingerprint density at radius 3 is 0.889 bits per heavy atom. The SMILES string of the molecule is CC/C=C\C/C=C\C/C=C\C/C=C\C/C=C\C/C=C\CCCCCCC(=O)OCC(COC(=O)CCCCCCC/C=C\C/C=C\CCCC)OC(=O)CCCCCCCCCCCCCCCCCCC. The van der Waals surface area contributed by atoms with Gasteiger partial charge in [-0.05, 0) is 96.3 Å². The summed E-state index contributed by atoms with van der Waals surface area (Å²) in [5.74, 6) is -0.921. The Labute approximate surface area is 445 Å². The molecule has 1 unspecified atom stereocenters. The number of allylic oxidation sites excluding steroid dienone is 16. The van der Waals surface area contributed by atoms with Crippen LogP contribution in [0.3, 0.4) is 0 Å². The van der Waals surface area contributed by atoms with Crippen molar-refractivity contribution < 1.29 is 28.6 Å². The zero-order chi connectivity index (χ0) is 52.2. The first-order valence-electron chi connectivity index (χ1n) is 30.2. The second-order valence-electron chi connectivity index (χ2n) is 19.9. The maximum absolute atomic E-state index is 12.9. The summed E-state index contributed by atoms with van der Waals surface area (Å²) in [7, 11) is 0. The van der Waals surface area contributed by atoms with Gasteiger partial charge < -0.3 is 14.2 Å². The van der Waals surface area contributed by atoms with Crippen LogP contribution in [0.4, 0.5) is 0 Å². The van der Waals surface area contributed by atoms with Crippen LogP contribution in [0.15, 0.2) is 97.2 Å². The smallest absolute Gasteiger partial charge is 0.306 e. The molecule has 0 fully saturated rings. The summed E-state index contributed by atoms with van der Waals surface area (Å²) in [5.41, 5.74) is 0. The second-order valence-corrected chi connectivity index (χ2v) is 19.9. The third-order valence-corrected chi connectivity index (χ3v) is 12.8. The summed E-state index contributed by atoms with van der Waals surface area (Å²) in [6, 6.07) is 0. The van der Waals surface area contributed by atoms with Gasteiger partial charge in [-0.1, -0.05) is 266 Å². The summed E-state index contributed by atoms with van der Waals surface area (Å²) < 4.78 is 16.9. The number of carbonyl (C=O) groups excluding carboxylic acids is 3. The van der Waals surface area contributed by atoms with Crippen molar-refractivity contribution in [2.24, 2.45) is 0 Å². The highest BCUT2D eigenvalue weighted by molar-refractivity contribution is 5.71. The average Bonchev–Trinajstić information content (AvgIpc) is 3.38. The van der Waals surface area contributed by atoms with Crippen molar-refractivity contribution in [1.29, 1.82) is 0 Å². The molecule has 0 aromatic heterocycles. The minimum absolute atomic E-state index is 0.0916. The maximum atomic E-state index is 12.9. The standard InChI is InChI=1S/C66H112O6/c1-4-7-10-13-16-19-22-25-28-30-31-32-33-34-35-37-38-41-44-47-50-53-56-59-65(68)71-62-63(61-70-64(67)58-55-52-49-46-43-40-27-24-21-18-15-12-9-6-3)72-66(69)60-57-54-51-48-45-42-39-36-29-26-23-20-17-14-11-8-5-2/h7,10,15-16,18-19,24-25,27-28,31-32,34-35,38,41,63H,4-6,8-9,11-14,17,20-23,26,29-30,33,36-37,39-40,42-62H2,1-3H3/b10-7-,18-15-,19-16-,27-24-,28-25-,32-31-,35-34-,41-38-. The van der Waals surface area contributed by atoms with E-state index in [1.165, 1.54) is 109 Å². The molecule has 1 atom stereocenters. The lowest BCUT2D eigenvalue weighted by Crippen LogP contribution is -2.30. The largest absolute Gasteiger partial charge is 0.462 e. The predicted octanol–water partition coefficient (Wildman–Crippen LogP) is 20.5. The predicted molar refractivity (Wildman–Crippen MR) is 311 cm³/mol. The lowest BCUT2D eigenvalue weighted by molar-refractivity contribution is -0.167. The number of hydrogen-bond acceptors (Lipinski definition) is 6. The first-order valence-corrected chi connectivity index (χ1v) is 30.2. The number of rotatable bonds is 54. The number of ether oxygens (including phenoxy) is 3. The Morgan fingerprint density at radius 1 is 0.292 bits per heavy atom. The summed E-state index contributed by atoms with van der Waals surface area (Å²) in [4.78, 5) is 38.2. The van der Waals surface area contributed by atoms with Gasteiger partial charge >= 0.3 is 17.9 Å². The molecular weight excluding hydrogens is 889 g/mol. The molecule has 0 bridgehead atoms. The molecule has 0 aliphatic carbocycles. The molecule has 412 valence electrons. The summed E-state index contributed by atoms with van der Waals surface area (Å²) in [5, 5.41) is 0. The molecule has 0 aromatic carbocycles. The molecular formula is C66H112O6. The fraction of sp³-hybridized carbons (Fsp3) is 0.712. The Bertz CT molecular complexity index is 1430. The lowest BCUT2D eigenvalue weighted by atomic mass is 10.0. The molecule has 0 aromatic rings. The minimum atomic E-state index is -0.794. The molecule has 6 nitrogen and oxygen atoms in total. The van der Waals surface area contributed by atoms with Crippen LogP contribution in [-0.2, 0) is 28.6 Å². The van der Waals surface area contributed by atoms with Crippen LogP contribution in [0.2, 0.25) is 0 Å². The Balaban J connectivity index is 4.42. The van der Waals surface area contributed by atoms with E-state index in [2.05, 4.69) is 118 Å². The van der Waals surface area contributed by atoms with Gasteiger partial charge in [-0.2, -0.15) is 0 Å². The fourth-order valence-corrected chi connectivity index (χ4v) is 8.29. The molecule has 0 saturated carbocycles. The Hall–Kier alpha value is -3.67. The quantitative estimate of drug-likeness (QED) is 0.0261. The van der Waals surface area contributed by atoms with E-state index in [1.54, 1.807) is 0 Å². The monoisotopic (exact) mass is 1000 g/mol. The number of unbranched alkanes of at least 4 members (excludes halogenated alkanes) is 27. The van der Waals surface area contributed by atoms with Crippen LogP contribution in [0.25, 0.3) is 0 Å². The van der Waals surface area contributed by atoms with E-state index in [-0.39, 0.29) is 31.1 Å². The van der Waals surface area contributed by atoms with Gasteiger partial charge in [-0.15, -0.1) is 0 Å². The summed E-state index contributed by atoms with van der Waals surface area (Å²) in [6.07, 6.45) is 79.7. The molecule has 6 heteroatoms. The number of carbonyl (C=O) groups is 3. The first-order chi connectivity index (χ1) is 35.5. The van der Waals surface area contributed by atoms with Gasteiger partial charge in [0, 0.05) is 19.3 Å². The highest BCUT2D eigenvalue weighted by Gasteiger charge is 2.19. The molecule has 0 rings (SSSR count). The van der Waals surface area contributed by atoms with E-state index in [0.29, 0.717) is 19.3 Å². The van der Waals surface area contributed by atoms with Crippen molar-refractivity contribution in [3.05, 3.63) is 97.2 Å². The third-order valence-electron chi connectivity index (χ3n) is 12.8. The van der Waals surface area contributed by atoms with Crippen molar-refractivity contribution in [3.63, 3.8) is 0 Å². The summed E-state index contributed by atoms with van der Waals surface area (Å²) in [6.45, 7) is 6.47. The molecule has 0 aliphatic heterocycles. The van der Waals surface area contributed by atoms with Crippen LogP contribution < -0.4 is 0 Å². The lowest BCUT2D eigenvalue weighted by Gasteiger charge is -2.18. The van der Waals surface area contributed by atoms with Gasteiger partial charge in [-0.3, -0.25) is 14.4 Å². The van der Waals surface area contributed by atoms with Crippen molar-refractivity contribution in [2.75, 3.05) is 13.2 Å². The van der Waals surface area contributed by atoms with Crippen molar-refractivity contribution in [2.45, 2.75) is 290 Å². The van der Waals surface area contributed by atoms with Gasteiger partial charge in [-0.25, -0.2) is 0 Å². The fourth-order valence-electron chi connectivity index (χ4n) is 8.29. The average molecular weight is 1000 g/mol. The van der Waals surface area contributed by atoms with Gasteiger partial charge in [0.15, 0.2) is 6.10 Å². The topological polar surface area (TPSA) is 78.9 Å². The van der Waals surface area contributed by atoms with Crippen molar-refractivity contribution >= 4 is 17.9 Å². The Morgan fingerprint density at radius 2 is 0.556 bits per heavy atom. The zero-order valence-electron chi connectivity index (χ0n) is 47.2. The molecule has 72 heavy (non-hydrogen) atoms. The first kappa shape index (κ1) is 68.3. The van der Waals surface area contributed by atoms with Gasteiger partial charge in [0.05, 0.1) is 0 Å².